The summed E-state index contributed by atoms with van der Waals surface area (Å²) >= 11 is 5.89. The van der Waals surface area contributed by atoms with Gasteiger partial charge in [0.05, 0.1) is 13.0 Å². The van der Waals surface area contributed by atoms with Gasteiger partial charge < -0.3 is 20.7 Å². The Morgan fingerprint density at radius 2 is 1.71 bits per heavy atom. The van der Waals surface area contributed by atoms with Crippen molar-refractivity contribution in [1.82, 2.24) is 4.90 Å². The molecule has 3 amide bonds. The second-order valence-electron chi connectivity index (χ2n) is 6.95. The maximum absolute atomic E-state index is 12.5. The number of rotatable bonds is 6. The Balaban J connectivity index is 1.40. The molecular formula is C21H24ClN3O3. The zero-order valence-electron chi connectivity index (χ0n) is 15.6. The van der Waals surface area contributed by atoms with Crippen LogP contribution in [0.2, 0.25) is 5.02 Å². The summed E-state index contributed by atoms with van der Waals surface area (Å²) in [5.41, 5.74) is 6.70. The predicted molar refractivity (Wildman–Crippen MR) is 110 cm³/mol. The van der Waals surface area contributed by atoms with Gasteiger partial charge >= 0.3 is 6.03 Å². The van der Waals surface area contributed by atoms with Crippen LogP contribution in [-0.2, 0) is 11.2 Å². The molecule has 3 rings (SSSR count). The highest BCUT2D eigenvalue weighted by Crippen LogP contribution is 2.21. The number of nitrogens with zero attached hydrogens (tertiary/aromatic N) is 1. The van der Waals surface area contributed by atoms with Crippen LogP contribution in [0, 0.1) is 5.92 Å². The lowest BCUT2D eigenvalue weighted by atomic mass is 9.97. The Labute approximate surface area is 169 Å². The number of nitrogens with one attached hydrogen (secondary N) is 1. The van der Waals surface area contributed by atoms with E-state index < -0.39 is 6.03 Å². The second kappa shape index (κ2) is 9.46. The van der Waals surface area contributed by atoms with Gasteiger partial charge in [-0.1, -0.05) is 23.7 Å². The SMILES string of the molecule is NC(=O)Nc1ccc(OCC2CCN(C(=O)Cc3ccc(Cl)cc3)CC2)cc1. The van der Waals surface area contributed by atoms with Crippen molar-refractivity contribution in [3.8, 4) is 5.75 Å². The van der Waals surface area contributed by atoms with Crippen LogP contribution >= 0.6 is 11.6 Å². The summed E-state index contributed by atoms with van der Waals surface area (Å²) in [6.07, 6.45) is 2.26. The molecule has 0 aromatic heterocycles. The monoisotopic (exact) mass is 401 g/mol. The maximum Gasteiger partial charge on any atom is 0.316 e. The number of amides is 3. The third-order valence-corrected chi connectivity index (χ3v) is 5.10. The zero-order chi connectivity index (χ0) is 19.9. The number of hydrogen-bond donors (Lipinski definition) is 2. The van der Waals surface area contributed by atoms with Crippen LogP contribution in [0.15, 0.2) is 48.5 Å². The quantitative estimate of drug-likeness (QED) is 0.774. The first-order valence-corrected chi connectivity index (χ1v) is 9.69. The van der Waals surface area contributed by atoms with Crippen molar-refractivity contribution >= 4 is 29.2 Å². The van der Waals surface area contributed by atoms with Crippen LogP contribution in [0.3, 0.4) is 0 Å². The van der Waals surface area contributed by atoms with Gasteiger partial charge in [-0.25, -0.2) is 4.79 Å². The summed E-state index contributed by atoms with van der Waals surface area (Å²) < 4.78 is 5.85. The fourth-order valence-electron chi connectivity index (χ4n) is 3.23. The van der Waals surface area contributed by atoms with E-state index in [0.29, 0.717) is 29.7 Å². The number of ether oxygens (including phenoxy) is 1. The molecule has 0 radical (unpaired) electrons. The molecule has 0 aliphatic carbocycles. The molecule has 0 unspecified atom stereocenters. The summed E-state index contributed by atoms with van der Waals surface area (Å²) in [5, 5.41) is 3.19. The second-order valence-corrected chi connectivity index (χ2v) is 7.39. The Bertz CT molecular complexity index is 801. The number of carbonyl (C=O) groups is 2. The van der Waals surface area contributed by atoms with E-state index >= 15 is 0 Å². The van der Waals surface area contributed by atoms with E-state index in [1.54, 1.807) is 24.3 Å². The first kappa shape index (κ1) is 20.0. The fraction of sp³-hybridized carbons (Fsp3) is 0.333. The largest absolute Gasteiger partial charge is 0.493 e. The third kappa shape index (κ3) is 5.89. The predicted octanol–water partition coefficient (Wildman–Crippen LogP) is 3.69. The number of halogens is 1. The van der Waals surface area contributed by atoms with Gasteiger partial charge in [0.15, 0.2) is 0 Å². The molecule has 148 valence electrons. The van der Waals surface area contributed by atoms with Gasteiger partial charge in [-0.3, -0.25) is 4.79 Å². The van der Waals surface area contributed by atoms with Crippen LogP contribution in [0.4, 0.5) is 10.5 Å². The molecule has 2 aromatic rings. The number of nitrogens with two attached hydrogens (primary N) is 1. The van der Waals surface area contributed by atoms with Crippen molar-refractivity contribution in [2.45, 2.75) is 19.3 Å². The number of likely N-dealkylation sites (tertiary alicyclic amines) is 1. The molecule has 1 aliphatic heterocycles. The van der Waals surface area contributed by atoms with E-state index in [9.17, 15) is 9.59 Å². The van der Waals surface area contributed by atoms with E-state index in [0.717, 1.165) is 37.2 Å². The minimum absolute atomic E-state index is 0.152. The molecule has 2 aromatic carbocycles. The molecule has 0 atom stereocenters. The van der Waals surface area contributed by atoms with E-state index in [1.807, 2.05) is 29.2 Å². The lowest BCUT2D eigenvalue weighted by Gasteiger charge is -2.32. The normalized spacial score (nSPS) is 14.5. The Morgan fingerprint density at radius 1 is 1.07 bits per heavy atom. The summed E-state index contributed by atoms with van der Waals surface area (Å²) in [5.74, 6) is 1.32. The minimum atomic E-state index is -0.592. The number of carbonyl (C=O) groups excluding carboxylic acids is 2. The molecule has 28 heavy (non-hydrogen) atoms. The topological polar surface area (TPSA) is 84.7 Å². The van der Waals surface area contributed by atoms with Gasteiger partial charge in [0.1, 0.15) is 5.75 Å². The average molecular weight is 402 g/mol. The summed E-state index contributed by atoms with van der Waals surface area (Å²) in [6, 6.07) is 13.9. The Kier molecular flexibility index (Phi) is 6.76. The minimum Gasteiger partial charge on any atom is -0.493 e. The van der Waals surface area contributed by atoms with E-state index in [-0.39, 0.29) is 5.91 Å². The van der Waals surface area contributed by atoms with Crippen LogP contribution in [0.1, 0.15) is 18.4 Å². The first-order chi connectivity index (χ1) is 13.5. The number of primary amides is 1. The molecule has 6 nitrogen and oxygen atoms in total. The van der Waals surface area contributed by atoms with Crippen molar-refractivity contribution in [2.24, 2.45) is 11.7 Å². The summed E-state index contributed by atoms with van der Waals surface area (Å²) in [4.78, 5) is 25.2. The molecule has 1 fully saturated rings. The van der Waals surface area contributed by atoms with E-state index in [4.69, 9.17) is 22.1 Å². The Morgan fingerprint density at radius 3 is 2.32 bits per heavy atom. The van der Waals surface area contributed by atoms with Gasteiger partial charge in [-0.15, -0.1) is 0 Å². The van der Waals surface area contributed by atoms with Gasteiger partial charge in [-0.05, 0) is 60.7 Å². The molecule has 7 heteroatoms. The van der Waals surface area contributed by atoms with E-state index in [2.05, 4.69) is 5.32 Å². The van der Waals surface area contributed by atoms with Crippen molar-refractivity contribution in [2.75, 3.05) is 25.0 Å². The molecule has 1 aliphatic rings. The molecule has 3 N–H and O–H groups in total. The van der Waals surface area contributed by atoms with Crippen LogP contribution in [0.5, 0.6) is 5.75 Å². The molecule has 0 spiro atoms. The molecule has 0 saturated carbocycles. The highest BCUT2D eigenvalue weighted by Gasteiger charge is 2.23. The van der Waals surface area contributed by atoms with Crippen molar-refractivity contribution < 1.29 is 14.3 Å². The van der Waals surface area contributed by atoms with Crippen molar-refractivity contribution in [1.29, 1.82) is 0 Å². The van der Waals surface area contributed by atoms with Crippen molar-refractivity contribution in [3.05, 3.63) is 59.1 Å². The van der Waals surface area contributed by atoms with Crippen LogP contribution in [-0.4, -0.2) is 36.5 Å². The van der Waals surface area contributed by atoms with Gasteiger partial charge in [-0.2, -0.15) is 0 Å². The number of piperidine rings is 1. The number of anilines is 1. The number of urea groups is 1. The molecular weight excluding hydrogens is 378 g/mol. The Hall–Kier alpha value is -2.73. The number of benzene rings is 2. The van der Waals surface area contributed by atoms with Gasteiger partial charge in [0.2, 0.25) is 5.91 Å². The first-order valence-electron chi connectivity index (χ1n) is 9.31. The standard InChI is InChI=1S/C21H24ClN3O3/c22-17-3-1-15(2-4-17)13-20(26)25-11-9-16(10-12-25)14-28-19-7-5-18(6-8-19)24-21(23)27/h1-8,16H,9-14H2,(H3,23,24,27). The maximum atomic E-state index is 12.5. The lowest BCUT2D eigenvalue weighted by Crippen LogP contribution is -2.40. The van der Waals surface area contributed by atoms with Gasteiger partial charge in [0, 0.05) is 23.8 Å². The number of hydrogen-bond acceptors (Lipinski definition) is 3. The van der Waals surface area contributed by atoms with Crippen LogP contribution in [0.25, 0.3) is 0 Å². The van der Waals surface area contributed by atoms with Crippen LogP contribution < -0.4 is 15.8 Å². The zero-order valence-corrected chi connectivity index (χ0v) is 16.3. The summed E-state index contributed by atoms with van der Waals surface area (Å²) in [7, 11) is 0. The molecule has 1 saturated heterocycles. The average Bonchev–Trinajstić information content (AvgIpc) is 2.69. The summed E-state index contributed by atoms with van der Waals surface area (Å²) in [6.45, 7) is 2.12. The highest BCUT2D eigenvalue weighted by molar-refractivity contribution is 6.30. The van der Waals surface area contributed by atoms with Gasteiger partial charge in [0.25, 0.3) is 0 Å². The highest BCUT2D eigenvalue weighted by atomic mass is 35.5. The smallest absolute Gasteiger partial charge is 0.316 e. The molecule has 0 bridgehead atoms. The fourth-order valence-corrected chi connectivity index (χ4v) is 3.35. The van der Waals surface area contributed by atoms with Crippen molar-refractivity contribution in [3.63, 3.8) is 0 Å². The lowest BCUT2D eigenvalue weighted by molar-refractivity contribution is -0.132. The van der Waals surface area contributed by atoms with E-state index in [1.165, 1.54) is 0 Å². The molecule has 1 heterocycles. The third-order valence-electron chi connectivity index (χ3n) is 4.84.